The third-order valence-electron chi connectivity index (χ3n) is 4.26. The van der Waals surface area contributed by atoms with Crippen molar-refractivity contribution in [3.05, 3.63) is 87.5 Å². The molecule has 0 spiro atoms. The van der Waals surface area contributed by atoms with Crippen molar-refractivity contribution >= 4 is 46.3 Å². The largest absolute Gasteiger partial charge is 0.311 e. The summed E-state index contributed by atoms with van der Waals surface area (Å²) >= 11 is 13.9. The fourth-order valence-corrected chi connectivity index (χ4v) is 4.19. The number of carbonyl (C=O) groups is 1. The molecule has 1 amide bonds. The average Bonchev–Trinajstić information content (AvgIpc) is 3.34. The van der Waals surface area contributed by atoms with Gasteiger partial charge in [-0.1, -0.05) is 59.6 Å². The summed E-state index contributed by atoms with van der Waals surface area (Å²) in [4.78, 5) is 17.1. The van der Waals surface area contributed by atoms with Gasteiger partial charge in [0.05, 0.1) is 29.9 Å². The number of nitrogens with one attached hydrogen (secondary N) is 1. The van der Waals surface area contributed by atoms with E-state index < -0.39 is 0 Å². The van der Waals surface area contributed by atoms with Crippen LogP contribution in [0.25, 0.3) is 10.6 Å². The number of hydrogen-bond donors (Lipinski definition) is 1. The second-order valence-corrected chi connectivity index (χ2v) is 7.99. The Morgan fingerprint density at radius 3 is 2.59 bits per heavy atom. The van der Waals surface area contributed by atoms with Gasteiger partial charge in [-0.3, -0.25) is 4.79 Å². The lowest BCUT2D eigenvalue weighted by Gasteiger charge is -2.10. The zero-order valence-electron chi connectivity index (χ0n) is 15.2. The Morgan fingerprint density at radius 2 is 1.79 bits per heavy atom. The van der Waals surface area contributed by atoms with Crippen molar-refractivity contribution in [2.24, 2.45) is 0 Å². The minimum absolute atomic E-state index is 0.165. The van der Waals surface area contributed by atoms with Gasteiger partial charge >= 0.3 is 0 Å². The number of hydrogen-bond acceptors (Lipinski definition) is 4. The monoisotopic (exact) mass is 442 g/mol. The second-order valence-electron chi connectivity index (χ2n) is 6.31. The minimum Gasteiger partial charge on any atom is -0.311 e. The highest BCUT2D eigenvalue weighted by molar-refractivity contribution is 7.13. The normalized spacial score (nSPS) is 10.8. The summed E-state index contributed by atoms with van der Waals surface area (Å²) in [5.74, 6) is 0.443. The molecule has 2 aromatic carbocycles. The molecule has 4 rings (SSSR count). The van der Waals surface area contributed by atoms with Crippen molar-refractivity contribution in [2.45, 2.75) is 13.0 Å². The number of thiazole rings is 1. The first kappa shape index (κ1) is 19.6. The molecule has 2 aromatic heterocycles. The fraction of sp³-hybridized carbons (Fsp3) is 0.0952. The zero-order valence-corrected chi connectivity index (χ0v) is 17.5. The molecule has 0 aliphatic carbocycles. The molecule has 0 unspecified atom stereocenters. The van der Waals surface area contributed by atoms with E-state index in [1.54, 1.807) is 16.9 Å². The van der Waals surface area contributed by atoms with Gasteiger partial charge in [-0.15, -0.1) is 11.3 Å². The van der Waals surface area contributed by atoms with Crippen molar-refractivity contribution in [3.63, 3.8) is 0 Å². The van der Waals surface area contributed by atoms with E-state index in [-0.39, 0.29) is 12.3 Å². The van der Waals surface area contributed by atoms with E-state index in [0.29, 0.717) is 28.1 Å². The number of nitrogens with zero attached hydrogens (tertiary/aromatic N) is 3. The Labute approximate surface area is 181 Å². The van der Waals surface area contributed by atoms with E-state index in [9.17, 15) is 4.79 Å². The van der Waals surface area contributed by atoms with Crippen LogP contribution in [0.3, 0.4) is 0 Å². The predicted octanol–water partition coefficient (Wildman–Crippen LogP) is 5.54. The number of amides is 1. The molecule has 29 heavy (non-hydrogen) atoms. The van der Waals surface area contributed by atoms with Gasteiger partial charge < -0.3 is 5.32 Å². The minimum atomic E-state index is -0.165. The average molecular weight is 443 g/mol. The summed E-state index contributed by atoms with van der Waals surface area (Å²) in [6, 6.07) is 16.8. The SMILES string of the molecule is O=C(Cc1csc(-c2ccccc2Cl)n1)Nc1ccnn1Cc1ccccc1Cl. The summed E-state index contributed by atoms with van der Waals surface area (Å²) in [7, 11) is 0. The van der Waals surface area contributed by atoms with Crippen LogP contribution in [0.4, 0.5) is 5.82 Å². The van der Waals surface area contributed by atoms with Crippen molar-refractivity contribution in [1.29, 1.82) is 0 Å². The Bertz CT molecular complexity index is 1150. The Kier molecular flexibility index (Phi) is 5.94. The molecule has 146 valence electrons. The summed E-state index contributed by atoms with van der Waals surface area (Å²) in [6.07, 6.45) is 1.81. The first-order chi connectivity index (χ1) is 14.1. The molecule has 0 saturated carbocycles. The number of halogens is 2. The van der Waals surface area contributed by atoms with E-state index >= 15 is 0 Å². The number of aromatic nitrogens is 3. The molecule has 1 N–H and O–H groups in total. The van der Waals surface area contributed by atoms with Gasteiger partial charge in [0.15, 0.2) is 0 Å². The van der Waals surface area contributed by atoms with Gasteiger partial charge in [-0.2, -0.15) is 5.10 Å². The van der Waals surface area contributed by atoms with Gasteiger partial charge in [0, 0.05) is 22.0 Å². The van der Waals surface area contributed by atoms with E-state index in [2.05, 4.69) is 15.4 Å². The van der Waals surface area contributed by atoms with E-state index in [4.69, 9.17) is 23.2 Å². The molecule has 0 fully saturated rings. The van der Waals surface area contributed by atoms with Crippen molar-refractivity contribution < 1.29 is 4.79 Å². The van der Waals surface area contributed by atoms with Crippen molar-refractivity contribution in [3.8, 4) is 10.6 Å². The van der Waals surface area contributed by atoms with Crippen LogP contribution in [0.5, 0.6) is 0 Å². The highest BCUT2D eigenvalue weighted by Crippen LogP contribution is 2.30. The van der Waals surface area contributed by atoms with E-state index in [0.717, 1.165) is 16.1 Å². The number of anilines is 1. The van der Waals surface area contributed by atoms with Gasteiger partial charge in [-0.25, -0.2) is 9.67 Å². The first-order valence-corrected chi connectivity index (χ1v) is 10.5. The summed E-state index contributed by atoms with van der Waals surface area (Å²) in [5.41, 5.74) is 2.49. The third kappa shape index (κ3) is 4.67. The Morgan fingerprint density at radius 1 is 1.03 bits per heavy atom. The lowest BCUT2D eigenvalue weighted by molar-refractivity contribution is -0.115. The van der Waals surface area contributed by atoms with E-state index in [1.807, 2.05) is 53.9 Å². The second kappa shape index (κ2) is 8.78. The number of carbonyl (C=O) groups excluding carboxylic acids is 1. The number of rotatable bonds is 6. The summed E-state index contributed by atoms with van der Waals surface area (Å²) in [5, 5.41) is 11.1. The molecule has 2 heterocycles. The standard InChI is InChI=1S/C21H16Cl2N4OS/c22-17-7-3-1-5-14(17)12-27-19(9-10-24-27)26-20(28)11-15-13-29-21(25-15)16-6-2-4-8-18(16)23/h1-10,13H,11-12H2,(H,26,28). The van der Waals surface area contributed by atoms with Crippen LogP contribution in [-0.2, 0) is 17.8 Å². The van der Waals surface area contributed by atoms with Crippen LogP contribution in [0.2, 0.25) is 10.0 Å². The van der Waals surface area contributed by atoms with Gasteiger partial charge in [-0.05, 0) is 17.7 Å². The predicted molar refractivity (Wildman–Crippen MR) is 118 cm³/mol. The van der Waals surface area contributed by atoms with Crippen LogP contribution >= 0.6 is 34.5 Å². The highest BCUT2D eigenvalue weighted by atomic mass is 35.5. The smallest absolute Gasteiger partial charge is 0.231 e. The van der Waals surface area contributed by atoms with Crippen LogP contribution in [0.15, 0.2) is 66.2 Å². The molecular formula is C21H16Cl2N4OS. The van der Waals surface area contributed by atoms with Crippen LogP contribution in [0.1, 0.15) is 11.3 Å². The Hall–Kier alpha value is -2.67. The zero-order chi connectivity index (χ0) is 20.2. The van der Waals surface area contributed by atoms with Crippen molar-refractivity contribution in [1.82, 2.24) is 14.8 Å². The maximum absolute atomic E-state index is 12.5. The fourth-order valence-electron chi connectivity index (χ4n) is 2.85. The lowest BCUT2D eigenvalue weighted by Crippen LogP contribution is -2.18. The topological polar surface area (TPSA) is 59.8 Å². The first-order valence-electron chi connectivity index (χ1n) is 8.84. The highest BCUT2D eigenvalue weighted by Gasteiger charge is 2.13. The summed E-state index contributed by atoms with van der Waals surface area (Å²) < 4.78 is 1.70. The molecule has 0 saturated heterocycles. The number of benzene rings is 2. The van der Waals surface area contributed by atoms with Crippen LogP contribution < -0.4 is 5.32 Å². The summed E-state index contributed by atoms with van der Waals surface area (Å²) in [6.45, 7) is 0.468. The molecule has 0 aliphatic heterocycles. The lowest BCUT2D eigenvalue weighted by atomic mass is 10.2. The maximum Gasteiger partial charge on any atom is 0.231 e. The molecule has 5 nitrogen and oxygen atoms in total. The molecule has 0 atom stereocenters. The molecule has 0 radical (unpaired) electrons. The van der Waals surface area contributed by atoms with Crippen LogP contribution in [0, 0.1) is 0 Å². The molecule has 4 aromatic rings. The van der Waals surface area contributed by atoms with Gasteiger partial charge in [0.2, 0.25) is 5.91 Å². The molecule has 0 aliphatic rings. The third-order valence-corrected chi connectivity index (χ3v) is 5.88. The molecule has 0 bridgehead atoms. The molecule has 8 heteroatoms. The van der Waals surface area contributed by atoms with Crippen LogP contribution in [-0.4, -0.2) is 20.7 Å². The quantitative estimate of drug-likeness (QED) is 0.426. The maximum atomic E-state index is 12.5. The van der Waals surface area contributed by atoms with Crippen molar-refractivity contribution in [2.75, 3.05) is 5.32 Å². The molecular weight excluding hydrogens is 427 g/mol. The van der Waals surface area contributed by atoms with Gasteiger partial charge in [0.1, 0.15) is 10.8 Å². The van der Waals surface area contributed by atoms with Gasteiger partial charge in [0.25, 0.3) is 0 Å². The Balaban J connectivity index is 1.43. The van der Waals surface area contributed by atoms with E-state index in [1.165, 1.54) is 11.3 Å².